The Kier molecular flexibility index (Phi) is 4.43. The Balaban J connectivity index is 1.13. The number of hydrogen-bond donors (Lipinski definition) is 1. The molecular formula is C22H19ClN8O. The van der Waals surface area contributed by atoms with Gasteiger partial charge in [0.1, 0.15) is 6.54 Å². The third-order valence-corrected chi connectivity index (χ3v) is 5.88. The first-order valence-electron chi connectivity index (χ1n) is 10.4. The van der Waals surface area contributed by atoms with Crippen molar-refractivity contribution in [2.45, 2.75) is 31.8 Å². The van der Waals surface area contributed by atoms with Crippen LogP contribution in [0, 0.1) is 0 Å². The molecule has 0 unspecified atom stereocenters. The molecule has 1 saturated carbocycles. The Morgan fingerprint density at radius 3 is 3.00 bits per heavy atom. The molecule has 5 heterocycles. The maximum Gasteiger partial charge on any atom is 0.254 e. The van der Waals surface area contributed by atoms with Crippen LogP contribution in [-0.2, 0) is 13.1 Å². The van der Waals surface area contributed by atoms with Crippen LogP contribution in [0.4, 0.5) is 0 Å². The lowest BCUT2D eigenvalue weighted by Crippen LogP contribution is -2.22. The zero-order chi connectivity index (χ0) is 21.7. The minimum Gasteiger partial charge on any atom is -0.346 e. The molecular weight excluding hydrogens is 428 g/mol. The van der Waals surface area contributed by atoms with Crippen molar-refractivity contribution in [2.24, 2.45) is 0 Å². The fourth-order valence-electron chi connectivity index (χ4n) is 3.80. The predicted octanol–water partition coefficient (Wildman–Crippen LogP) is 3.08. The second kappa shape index (κ2) is 7.45. The number of nitrogens with zero attached hydrogens (tertiary/aromatic N) is 7. The van der Waals surface area contributed by atoms with Gasteiger partial charge in [0.15, 0.2) is 11.5 Å². The number of imidazole rings is 1. The first kappa shape index (κ1) is 19.0. The fourth-order valence-corrected chi connectivity index (χ4v) is 3.96. The molecule has 0 atom stereocenters. The molecule has 160 valence electrons. The molecule has 5 aromatic heterocycles. The molecule has 10 heteroatoms. The summed E-state index contributed by atoms with van der Waals surface area (Å²) < 4.78 is 5.35. The van der Waals surface area contributed by atoms with Crippen LogP contribution in [0.1, 0.15) is 46.2 Å². The standard InChI is InChI=1S/C22H19ClN8O/c23-17-5-6-29-13-25-18(19(29)7-17)9-24-22(32)16-8-26-30(10-16)12-20-27-21-4-3-15(14-1-2-14)11-31(21)28-20/h3-8,10-11,13-14H,1-2,9,12H2,(H,24,32). The van der Waals surface area contributed by atoms with Crippen LogP contribution in [0.5, 0.6) is 0 Å². The van der Waals surface area contributed by atoms with Crippen LogP contribution in [0.2, 0.25) is 5.02 Å². The maximum atomic E-state index is 12.6. The average Bonchev–Trinajstić information content (AvgIpc) is 3.21. The average molecular weight is 447 g/mol. The van der Waals surface area contributed by atoms with E-state index < -0.39 is 0 Å². The van der Waals surface area contributed by atoms with E-state index in [9.17, 15) is 4.79 Å². The second-order valence-corrected chi connectivity index (χ2v) is 8.44. The first-order chi connectivity index (χ1) is 15.6. The molecule has 1 aliphatic carbocycles. The molecule has 0 radical (unpaired) electrons. The van der Waals surface area contributed by atoms with E-state index in [-0.39, 0.29) is 12.5 Å². The molecule has 32 heavy (non-hydrogen) atoms. The molecule has 1 fully saturated rings. The summed E-state index contributed by atoms with van der Waals surface area (Å²) >= 11 is 6.07. The maximum absolute atomic E-state index is 12.6. The monoisotopic (exact) mass is 446 g/mol. The summed E-state index contributed by atoms with van der Waals surface area (Å²) in [5.41, 5.74) is 4.18. The number of carbonyl (C=O) groups is 1. The van der Waals surface area contributed by atoms with Gasteiger partial charge < -0.3 is 9.72 Å². The number of hydrogen-bond acceptors (Lipinski definition) is 5. The summed E-state index contributed by atoms with van der Waals surface area (Å²) in [7, 11) is 0. The molecule has 0 aromatic carbocycles. The fraction of sp³-hybridized carbons (Fsp3) is 0.227. The highest BCUT2D eigenvalue weighted by atomic mass is 35.5. The third kappa shape index (κ3) is 3.60. The lowest BCUT2D eigenvalue weighted by atomic mass is 10.2. The number of aromatic nitrogens is 7. The van der Waals surface area contributed by atoms with E-state index in [0.717, 1.165) is 16.9 Å². The molecule has 1 amide bonds. The van der Waals surface area contributed by atoms with Gasteiger partial charge >= 0.3 is 0 Å². The van der Waals surface area contributed by atoms with Crippen molar-refractivity contribution in [1.29, 1.82) is 0 Å². The minimum absolute atomic E-state index is 0.225. The van der Waals surface area contributed by atoms with Crippen molar-refractivity contribution in [3.8, 4) is 0 Å². The van der Waals surface area contributed by atoms with Crippen LogP contribution in [0.25, 0.3) is 11.2 Å². The van der Waals surface area contributed by atoms with Crippen molar-refractivity contribution in [3.05, 3.63) is 83.0 Å². The van der Waals surface area contributed by atoms with Gasteiger partial charge in [-0.05, 0) is 42.5 Å². The van der Waals surface area contributed by atoms with E-state index >= 15 is 0 Å². The topological polar surface area (TPSA) is 94.4 Å². The number of fused-ring (bicyclic) bond motifs is 2. The van der Waals surface area contributed by atoms with E-state index in [1.165, 1.54) is 18.4 Å². The summed E-state index contributed by atoms with van der Waals surface area (Å²) in [6.45, 7) is 0.677. The van der Waals surface area contributed by atoms with Crippen LogP contribution in [-0.4, -0.2) is 39.7 Å². The van der Waals surface area contributed by atoms with Crippen molar-refractivity contribution in [3.63, 3.8) is 0 Å². The number of rotatable bonds is 6. The zero-order valence-electron chi connectivity index (χ0n) is 17.0. The van der Waals surface area contributed by atoms with E-state index in [4.69, 9.17) is 11.6 Å². The van der Waals surface area contributed by atoms with Crippen LogP contribution < -0.4 is 5.32 Å². The summed E-state index contributed by atoms with van der Waals surface area (Å²) in [6.07, 6.45) is 11.3. The summed E-state index contributed by atoms with van der Waals surface area (Å²) in [5, 5.41) is 12.4. The number of pyridine rings is 2. The highest BCUT2D eigenvalue weighted by Gasteiger charge is 2.24. The zero-order valence-corrected chi connectivity index (χ0v) is 17.8. The molecule has 6 rings (SSSR count). The summed E-state index contributed by atoms with van der Waals surface area (Å²) in [4.78, 5) is 21.5. The van der Waals surface area contributed by atoms with Crippen molar-refractivity contribution < 1.29 is 4.79 Å². The van der Waals surface area contributed by atoms with Crippen molar-refractivity contribution >= 4 is 28.7 Å². The Hall–Kier alpha value is -3.72. The minimum atomic E-state index is -0.225. The van der Waals surface area contributed by atoms with E-state index in [1.54, 1.807) is 29.5 Å². The Labute approximate surface area is 187 Å². The highest BCUT2D eigenvalue weighted by molar-refractivity contribution is 6.30. The molecule has 9 nitrogen and oxygen atoms in total. The Bertz CT molecular complexity index is 1460. The van der Waals surface area contributed by atoms with Gasteiger partial charge in [0.05, 0.1) is 35.8 Å². The third-order valence-electron chi connectivity index (χ3n) is 5.64. The first-order valence-corrected chi connectivity index (χ1v) is 10.8. The molecule has 5 aromatic rings. The summed E-state index contributed by atoms with van der Waals surface area (Å²) in [6, 6.07) is 7.73. The van der Waals surface area contributed by atoms with Gasteiger partial charge in [-0.1, -0.05) is 17.7 Å². The molecule has 0 aliphatic heterocycles. The van der Waals surface area contributed by atoms with Crippen molar-refractivity contribution in [2.75, 3.05) is 0 Å². The number of halogens is 1. The second-order valence-electron chi connectivity index (χ2n) is 8.01. The SMILES string of the molecule is O=C(NCc1ncn2ccc(Cl)cc12)c1cnn(Cc2nc3ccc(C4CC4)cn3n2)c1. The number of carbonyl (C=O) groups excluding carboxylic acids is 1. The summed E-state index contributed by atoms with van der Waals surface area (Å²) in [5.74, 6) is 1.09. The van der Waals surface area contributed by atoms with Gasteiger partial charge in [0, 0.05) is 23.6 Å². The van der Waals surface area contributed by atoms with Gasteiger partial charge in [-0.15, -0.1) is 5.10 Å². The molecule has 1 N–H and O–H groups in total. The lowest BCUT2D eigenvalue weighted by Gasteiger charge is -2.02. The van der Waals surface area contributed by atoms with E-state index in [2.05, 4.69) is 37.7 Å². The number of amides is 1. The quantitative estimate of drug-likeness (QED) is 0.432. The van der Waals surface area contributed by atoms with Gasteiger partial charge in [-0.2, -0.15) is 5.10 Å². The largest absolute Gasteiger partial charge is 0.346 e. The predicted molar refractivity (Wildman–Crippen MR) is 118 cm³/mol. The molecule has 0 saturated heterocycles. The molecule has 0 spiro atoms. The smallest absolute Gasteiger partial charge is 0.254 e. The van der Waals surface area contributed by atoms with Gasteiger partial charge in [0.2, 0.25) is 0 Å². The van der Waals surface area contributed by atoms with Gasteiger partial charge in [0.25, 0.3) is 5.91 Å². The highest BCUT2D eigenvalue weighted by Crippen LogP contribution is 2.39. The van der Waals surface area contributed by atoms with Crippen LogP contribution in [0.15, 0.2) is 55.4 Å². The lowest BCUT2D eigenvalue weighted by molar-refractivity contribution is 0.0950. The molecule has 1 aliphatic rings. The van der Waals surface area contributed by atoms with Crippen LogP contribution in [0.3, 0.4) is 0 Å². The normalized spacial score (nSPS) is 13.8. The number of nitrogens with one attached hydrogen (secondary N) is 1. The Morgan fingerprint density at radius 1 is 1.22 bits per heavy atom. The van der Waals surface area contributed by atoms with Gasteiger partial charge in [-0.3, -0.25) is 9.48 Å². The van der Waals surface area contributed by atoms with E-state index in [1.807, 2.05) is 27.2 Å². The van der Waals surface area contributed by atoms with Crippen molar-refractivity contribution in [1.82, 2.24) is 39.1 Å². The van der Waals surface area contributed by atoms with Crippen LogP contribution >= 0.6 is 11.6 Å². The Morgan fingerprint density at radius 2 is 2.12 bits per heavy atom. The van der Waals surface area contributed by atoms with E-state index in [0.29, 0.717) is 28.9 Å². The molecule has 0 bridgehead atoms. The van der Waals surface area contributed by atoms with Gasteiger partial charge in [-0.25, -0.2) is 14.5 Å².